The Bertz CT molecular complexity index is 587. The van der Waals surface area contributed by atoms with Crippen molar-refractivity contribution in [3.8, 4) is 0 Å². The fourth-order valence-corrected chi connectivity index (χ4v) is 2.70. The van der Waals surface area contributed by atoms with E-state index in [9.17, 15) is 18.4 Å². The van der Waals surface area contributed by atoms with E-state index in [0.717, 1.165) is 31.0 Å². The van der Waals surface area contributed by atoms with Crippen LogP contribution in [-0.2, 0) is 9.59 Å². The van der Waals surface area contributed by atoms with E-state index in [1.807, 2.05) is 0 Å². The van der Waals surface area contributed by atoms with Gasteiger partial charge in [0, 0.05) is 12.0 Å². The van der Waals surface area contributed by atoms with Gasteiger partial charge in [-0.05, 0) is 43.4 Å². The second-order valence-electron chi connectivity index (χ2n) is 5.65. The molecular weight excluding hydrogens is 278 g/mol. The highest BCUT2D eigenvalue weighted by molar-refractivity contribution is 5.91. The molecular formula is C15H16F2N2O2. The highest BCUT2D eigenvalue weighted by Gasteiger charge is 2.37. The van der Waals surface area contributed by atoms with Crippen molar-refractivity contribution in [1.29, 1.82) is 0 Å². The van der Waals surface area contributed by atoms with Crippen molar-refractivity contribution < 1.29 is 18.4 Å². The van der Waals surface area contributed by atoms with Gasteiger partial charge >= 0.3 is 0 Å². The molecule has 2 N–H and O–H groups in total. The third kappa shape index (κ3) is 3.04. The minimum atomic E-state index is -0.574. The lowest BCUT2D eigenvalue weighted by molar-refractivity contribution is -0.126. The Morgan fingerprint density at radius 2 is 2.05 bits per heavy atom. The van der Waals surface area contributed by atoms with Gasteiger partial charge in [0.05, 0.1) is 6.04 Å². The molecule has 6 heteroatoms. The molecule has 1 saturated carbocycles. The lowest BCUT2D eigenvalue weighted by Gasteiger charge is -2.21. The number of benzene rings is 1. The number of rotatable bonds is 4. The van der Waals surface area contributed by atoms with Gasteiger partial charge in [0.1, 0.15) is 17.7 Å². The lowest BCUT2D eigenvalue weighted by atomic mass is 10.0. The van der Waals surface area contributed by atoms with Crippen LogP contribution in [0.25, 0.3) is 0 Å². The van der Waals surface area contributed by atoms with Crippen LogP contribution < -0.4 is 10.6 Å². The summed E-state index contributed by atoms with van der Waals surface area (Å²) in [5.74, 6) is -1.41. The third-order valence-electron chi connectivity index (χ3n) is 4.00. The number of hydrogen-bond acceptors (Lipinski definition) is 2. The first-order valence-electron chi connectivity index (χ1n) is 7.09. The smallest absolute Gasteiger partial charge is 0.243 e. The Labute approximate surface area is 120 Å². The van der Waals surface area contributed by atoms with Crippen molar-refractivity contribution in [1.82, 2.24) is 10.6 Å². The molecule has 1 aromatic carbocycles. The number of carbonyl (C=O) groups is 2. The predicted octanol–water partition coefficient (Wildman–Crippen LogP) is 1.81. The average Bonchev–Trinajstić information content (AvgIpc) is 3.20. The third-order valence-corrected chi connectivity index (χ3v) is 4.00. The van der Waals surface area contributed by atoms with E-state index in [1.54, 1.807) is 0 Å². The Morgan fingerprint density at radius 3 is 2.67 bits per heavy atom. The van der Waals surface area contributed by atoms with Crippen LogP contribution in [0.5, 0.6) is 0 Å². The molecule has 3 rings (SSSR count). The van der Waals surface area contributed by atoms with E-state index in [-0.39, 0.29) is 23.3 Å². The van der Waals surface area contributed by atoms with Crippen LogP contribution in [-0.4, -0.2) is 17.9 Å². The summed E-state index contributed by atoms with van der Waals surface area (Å²) >= 11 is 0. The molecule has 2 atom stereocenters. The summed E-state index contributed by atoms with van der Waals surface area (Å²) in [5.41, 5.74) is 0.176. The largest absolute Gasteiger partial charge is 0.347 e. The standard InChI is InChI=1S/C15H16F2N2O2/c16-9-3-4-11(17)10(7-9)14(8-1-2-8)19-15(21)12-5-6-13(20)18-12/h3-4,7-8,12,14H,1-2,5-6H2,(H,18,20)(H,19,21)/t12-,14-/m1/s1. The quantitative estimate of drug-likeness (QED) is 0.890. The molecule has 0 aromatic heterocycles. The number of carbonyl (C=O) groups excluding carboxylic acids is 2. The van der Waals surface area contributed by atoms with Crippen LogP contribution in [0.1, 0.15) is 37.3 Å². The first kappa shape index (κ1) is 14.0. The van der Waals surface area contributed by atoms with Crippen molar-refractivity contribution in [2.45, 2.75) is 37.8 Å². The fourth-order valence-electron chi connectivity index (χ4n) is 2.70. The maximum Gasteiger partial charge on any atom is 0.243 e. The molecule has 0 spiro atoms. The molecule has 1 aliphatic heterocycles. The van der Waals surface area contributed by atoms with Crippen LogP contribution in [0.4, 0.5) is 8.78 Å². The molecule has 21 heavy (non-hydrogen) atoms. The Balaban J connectivity index is 1.77. The zero-order valence-electron chi connectivity index (χ0n) is 11.4. The molecule has 0 bridgehead atoms. The molecule has 0 unspecified atom stereocenters. The lowest BCUT2D eigenvalue weighted by Crippen LogP contribution is -2.43. The van der Waals surface area contributed by atoms with Gasteiger partial charge in [-0.3, -0.25) is 9.59 Å². The topological polar surface area (TPSA) is 58.2 Å². The summed E-state index contributed by atoms with van der Waals surface area (Å²) in [4.78, 5) is 23.3. The summed E-state index contributed by atoms with van der Waals surface area (Å²) in [7, 11) is 0. The van der Waals surface area contributed by atoms with Crippen LogP contribution in [0, 0.1) is 17.6 Å². The Hall–Kier alpha value is -1.98. The fraction of sp³-hybridized carbons (Fsp3) is 0.467. The van der Waals surface area contributed by atoms with E-state index < -0.39 is 23.7 Å². The maximum absolute atomic E-state index is 13.9. The zero-order chi connectivity index (χ0) is 15.0. The SMILES string of the molecule is O=C1CC[C@H](C(=O)N[C@@H](c2cc(F)ccc2F)C2CC2)N1. The molecule has 112 valence electrons. The van der Waals surface area contributed by atoms with Crippen molar-refractivity contribution >= 4 is 11.8 Å². The molecule has 2 aliphatic rings. The average molecular weight is 294 g/mol. The van der Waals surface area contributed by atoms with Gasteiger partial charge in [-0.1, -0.05) is 0 Å². The highest BCUT2D eigenvalue weighted by atomic mass is 19.1. The summed E-state index contributed by atoms with van der Waals surface area (Å²) < 4.78 is 27.3. The maximum atomic E-state index is 13.9. The Kier molecular flexibility index (Phi) is 3.61. The summed E-state index contributed by atoms with van der Waals surface area (Å²) in [6.45, 7) is 0. The molecule has 1 aromatic rings. The van der Waals surface area contributed by atoms with Crippen molar-refractivity contribution in [2.24, 2.45) is 5.92 Å². The van der Waals surface area contributed by atoms with Crippen molar-refractivity contribution in [2.75, 3.05) is 0 Å². The zero-order valence-corrected chi connectivity index (χ0v) is 11.4. The van der Waals surface area contributed by atoms with E-state index in [0.29, 0.717) is 12.8 Å². The first-order valence-corrected chi connectivity index (χ1v) is 7.09. The number of hydrogen-bond donors (Lipinski definition) is 2. The molecule has 2 fully saturated rings. The minimum Gasteiger partial charge on any atom is -0.347 e. The number of nitrogens with one attached hydrogen (secondary N) is 2. The second kappa shape index (κ2) is 5.42. The molecule has 1 saturated heterocycles. The molecule has 2 amide bonds. The predicted molar refractivity (Wildman–Crippen MR) is 71.1 cm³/mol. The van der Waals surface area contributed by atoms with Crippen LogP contribution in [0.3, 0.4) is 0 Å². The minimum absolute atomic E-state index is 0.127. The summed E-state index contributed by atoms with van der Waals surface area (Å²) in [6.07, 6.45) is 2.50. The summed E-state index contributed by atoms with van der Waals surface area (Å²) in [6, 6.07) is 2.15. The number of amides is 2. The van der Waals surface area contributed by atoms with Crippen LogP contribution in [0.2, 0.25) is 0 Å². The molecule has 1 heterocycles. The van der Waals surface area contributed by atoms with Gasteiger partial charge in [-0.25, -0.2) is 8.78 Å². The van der Waals surface area contributed by atoms with Gasteiger partial charge in [-0.2, -0.15) is 0 Å². The molecule has 0 radical (unpaired) electrons. The number of halogens is 2. The highest BCUT2D eigenvalue weighted by Crippen LogP contribution is 2.42. The van der Waals surface area contributed by atoms with Crippen molar-refractivity contribution in [3.05, 3.63) is 35.4 Å². The monoisotopic (exact) mass is 294 g/mol. The van der Waals surface area contributed by atoms with E-state index in [4.69, 9.17) is 0 Å². The van der Waals surface area contributed by atoms with E-state index in [1.165, 1.54) is 0 Å². The molecule has 4 nitrogen and oxygen atoms in total. The van der Waals surface area contributed by atoms with Gasteiger partial charge < -0.3 is 10.6 Å². The van der Waals surface area contributed by atoms with Crippen LogP contribution >= 0.6 is 0 Å². The van der Waals surface area contributed by atoms with E-state index >= 15 is 0 Å². The first-order chi connectivity index (χ1) is 10.0. The van der Waals surface area contributed by atoms with Crippen LogP contribution in [0.15, 0.2) is 18.2 Å². The summed E-state index contributed by atoms with van der Waals surface area (Å²) in [5, 5.41) is 5.34. The molecule has 1 aliphatic carbocycles. The van der Waals surface area contributed by atoms with Crippen molar-refractivity contribution in [3.63, 3.8) is 0 Å². The van der Waals surface area contributed by atoms with Gasteiger partial charge in [0.25, 0.3) is 0 Å². The van der Waals surface area contributed by atoms with Gasteiger partial charge in [-0.15, -0.1) is 0 Å². The second-order valence-corrected chi connectivity index (χ2v) is 5.65. The van der Waals surface area contributed by atoms with Gasteiger partial charge in [0.2, 0.25) is 11.8 Å². The van der Waals surface area contributed by atoms with Gasteiger partial charge in [0.15, 0.2) is 0 Å². The Morgan fingerprint density at radius 1 is 1.29 bits per heavy atom. The normalized spacial score (nSPS) is 22.8. The van der Waals surface area contributed by atoms with E-state index in [2.05, 4.69) is 10.6 Å².